The molecule has 0 aliphatic heterocycles. The summed E-state index contributed by atoms with van der Waals surface area (Å²) in [7, 11) is 0. The molecule has 2 atom stereocenters. The molecule has 0 aliphatic rings. The molecule has 0 bridgehead atoms. The number of carbonyl (C=O) groups is 2. The van der Waals surface area contributed by atoms with E-state index in [1.54, 1.807) is 0 Å². The minimum absolute atomic E-state index is 0.0976. The van der Waals surface area contributed by atoms with Gasteiger partial charge in [0.25, 0.3) is 5.24 Å². The lowest BCUT2D eigenvalue weighted by Gasteiger charge is -2.21. The molecule has 0 fully saturated rings. The highest BCUT2D eigenvalue weighted by molar-refractivity contribution is 8.15. The quantitative estimate of drug-likeness (QED) is 0.706. The summed E-state index contributed by atoms with van der Waals surface area (Å²) in [4.78, 5) is 26.0. The van der Waals surface area contributed by atoms with Crippen LogP contribution in [0.15, 0.2) is 30.3 Å². The summed E-state index contributed by atoms with van der Waals surface area (Å²) in [6.07, 6.45) is 0.834. The molecule has 1 aromatic carbocycles. The predicted octanol–water partition coefficient (Wildman–Crippen LogP) is 4.92. The van der Waals surface area contributed by atoms with Crippen LogP contribution in [-0.4, -0.2) is 38.8 Å². The molecule has 0 aromatic heterocycles. The number of hydrogen-bond donors (Lipinski definition) is 0. The zero-order valence-electron chi connectivity index (χ0n) is 13.7. The first kappa shape index (κ1) is 19.1. The van der Waals surface area contributed by atoms with E-state index in [1.165, 1.54) is 23.5 Å². The summed E-state index contributed by atoms with van der Waals surface area (Å²) >= 11 is 2.72. The largest absolute Gasteiger partial charge is 0.334 e. The standard InChI is InChI=1S/C17H25NO2S2/c1-5-18(6-2)17(20)22-14(4)12-13(3)21-16(19)15-10-8-7-9-11-15/h7-11,13-14H,5-6,12H2,1-4H3. The van der Waals surface area contributed by atoms with E-state index < -0.39 is 0 Å². The molecule has 0 spiro atoms. The van der Waals surface area contributed by atoms with Gasteiger partial charge in [-0.2, -0.15) is 0 Å². The van der Waals surface area contributed by atoms with Crippen LogP contribution in [0.25, 0.3) is 0 Å². The average Bonchev–Trinajstić information content (AvgIpc) is 2.48. The number of carbonyl (C=O) groups excluding carboxylic acids is 2. The number of thioether (sulfide) groups is 2. The molecule has 0 N–H and O–H groups in total. The maximum absolute atomic E-state index is 12.1. The zero-order chi connectivity index (χ0) is 16.5. The minimum atomic E-state index is 0.0976. The molecule has 0 saturated heterocycles. The third-order valence-electron chi connectivity index (χ3n) is 3.31. The first-order valence-electron chi connectivity index (χ1n) is 7.69. The van der Waals surface area contributed by atoms with E-state index in [-0.39, 0.29) is 20.9 Å². The van der Waals surface area contributed by atoms with E-state index in [2.05, 4.69) is 6.92 Å². The molecule has 0 radical (unpaired) electrons. The van der Waals surface area contributed by atoms with Gasteiger partial charge in [-0.25, -0.2) is 0 Å². The lowest BCUT2D eigenvalue weighted by atomic mass is 10.2. The highest BCUT2D eigenvalue weighted by Crippen LogP contribution is 2.26. The van der Waals surface area contributed by atoms with Crippen molar-refractivity contribution < 1.29 is 9.59 Å². The number of nitrogens with zero attached hydrogens (tertiary/aromatic N) is 1. The van der Waals surface area contributed by atoms with E-state index in [0.717, 1.165) is 25.1 Å². The van der Waals surface area contributed by atoms with Gasteiger partial charge in [-0.3, -0.25) is 9.59 Å². The molecule has 1 amide bonds. The van der Waals surface area contributed by atoms with Crippen molar-refractivity contribution in [1.29, 1.82) is 0 Å². The van der Waals surface area contributed by atoms with Crippen molar-refractivity contribution in [2.45, 2.75) is 44.6 Å². The molecule has 0 saturated carbocycles. The number of rotatable bonds is 7. The highest BCUT2D eigenvalue weighted by Gasteiger charge is 2.19. The summed E-state index contributed by atoms with van der Waals surface area (Å²) in [5, 5.41) is 0.628. The van der Waals surface area contributed by atoms with Crippen LogP contribution >= 0.6 is 23.5 Å². The monoisotopic (exact) mass is 339 g/mol. The Balaban J connectivity index is 2.42. The van der Waals surface area contributed by atoms with E-state index >= 15 is 0 Å². The van der Waals surface area contributed by atoms with Gasteiger partial charge < -0.3 is 4.90 Å². The van der Waals surface area contributed by atoms with Crippen LogP contribution in [0, 0.1) is 0 Å². The topological polar surface area (TPSA) is 37.4 Å². The smallest absolute Gasteiger partial charge is 0.281 e. The Hall–Kier alpha value is -0.940. The van der Waals surface area contributed by atoms with Gasteiger partial charge in [-0.1, -0.05) is 67.7 Å². The van der Waals surface area contributed by atoms with Crippen molar-refractivity contribution >= 4 is 33.9 Å². The fourth-order valence-electron chi connectivity index (χ4n) is 2.12. The lowest BCUT2D eigenvalue weighted by molar-refractivity contribution is 0.108. The molecule has 22 heavy (non-hydrogen) atoms. The first-order chi connectivity index (χ1) is 10.5. The van der Waals surface area contributed by atoms with E-state index in [9.17, 15) is 9.59 Å². The molecule has 1 aromatic rings. The van der Waals surface area contributed by atoms with Gasteiger partial charge in [0.2, 0.25) is 5.12 Å². The Morgan fingerprint density at radius 3 is 2.09 bits per heavy atom. The maximum atomic E-state index is 12.1. The molecule has 2 unspecified atom stereocenters. The van der Waals surface area contributed by atoms with Gasteiger partial charge in [0.15, 0.2) is 0 Å². The van der Waals surface area contributed by atoms with Crippen molar-refractivity contribution in [3.63, 3.8) is 0 Å². The summed E-state index contributed by atoms with van der Waals surface area (Å²) < 4.78 is 0. The normalized spacial score (nSPS) is 13.5. The fourth-order valence-corrected chi connectivity index (χ4v) is 4.40. The Labute approximate surface area is 142 Å². The van der Waals surface area contributed by atoms with Crippen LogP contribution in [0.2, 0.25) is 0 Å². The van der Waals surface area contributed by atoms with Crippen molar-refractivity contribution in [3.05, 3.63) is 35.9 Å². The lowest BCUT2D eigenvalue weighted by Crippen LogP contribution is -2.28. The third kappa shape index (κ3) is 6.44. The van der Waals surface area contributed by atoms with E-state index in [4.69, 9.17) is 0 Å². The van der Waals surface area contributed by atoms with Crippen molar-refractivity contribution in [2.75, 3.05) is 13.1 Å². The molecular formula is C17H25NO2S2. The second-order valence-corrected chi connectivity index (χ2v) is 7.99. The summed E-state index contributed by atoms with van der Waals surface area (Å²) in [5.74, 6) is 0. The highest BCUT2D eigenvalue weighted by atomic mass is 32.2. The van der Waals surface area contributed by atoms with E-state index in [0.29, 0.717) is 0 Å². The van der Waals surface area contributed by atoms with Crippen LogP contribution in [-0.2, 0) is 0 Å². The Kier molecular flexibility index (Phi) is 8.64. The molecule has 5 heteroatoms. The number of hydrogen-bond acceptors (Lipinski definition) is 4. The second kappa shape index (κ2) is 9.95. The van der Waals surface area contributed by atoms with Crippen LogP contribution in [0.4, 0.5) is 4.79 Å². The van der Waals surface area contributed by atoms with Crippen LogP contribution < -0.4 is 0 Å². The number of benzene rings is 1. The van der Waals surface area contributed by atoms with Crippen molar-refractivity contribution in [2.24, 2.45) is 0 Å². The Morgan fingerprint density at radius 2 is 1.55 bits per heavy atom. The Bertz CT molecular complexity index is 475. The van der Waals surface area contributed by atoms with Crippen molar-refractivity contribution in [1.82, 2.24) is 4.90 Å². The van der Waals surface area contributed by atoms with Crippen LogP contribution in [0.1, 0.15) is 44.5 Å². The minimum Gasteiger partial charge on any atom is -0.334 e. The van der Waals surface area contributed by atoms with Gasteiger partial charge in [0.05, 0.1) is 0 Å². The molecule has 3 nitrogen and oxygen atoms in total. The second-order valence-electron chi connectivity index (χ2n) is 5.18. The van der Waals surface area contributed by atoms with Gasteiger partial charge in [-0.15, -0.1) is 0 Å². The summed E-state index contributed by atoms with van der Waals surface area (Å²) in [6.45, 7) is 9.56. The molecule has 1 rings (SSSR count). The van der Waals surface area contributed by atoms with Gasteiger partial charge >= 0.3 is 0 Å². The van der Waals surface area contributed by atoms with Crippen LogP contribution in [0.3, 0.4) is 0 Å². The maximum Gasteiger partial charge on any atom is 0.281 e. The molecular weight excluding hydrogens is 314 g/mol. The first-order valence-corrected chi connectivity index (χ1v) is 9.45. The molecule has 122 valence electrons. The average molecular weight is 340 g/mol. The van der Waals surface area contributed by atoms with Crippen LogP contribution in [0.5, 0.6) is 0 Å². The Morgan fingerprint density at radius 1 is 1.00 bits per heavy atom. The van der Waals surface area contributed by atoms with Gasteiger partial charge in [0.1, 0.15) is 0 Å². The zero-order valence-corrected chi connectivity index (χ0v) is 15.4. The molecule has 0 heterocycles. The van der Waals surface area contributed by atoms with Gasteiger partial charge in [0, 0.05) is 29.2 Å². The number of amides is 1. The van der Waals surface area contributed by atoms with Crippen molar-refractivity contribution in [3.8, 4) is 0 Å². The summed E-state index contributed by atoms with van der Waals surface area (Å²) in [6, 6.07) is 9.33. The molecule has 0 aliphatic carbocycles. The van der Waals surface area contributed by atoms with Gasteiger partial charge in [-0.05, 0) is 20.3 Å². The fraction of sp³-hybridized carbons (Fsp3) is 0.529. The predicted molar refractivity (Wildman–Crippen MR) is 97.8 cm³/mol. The summed E-state index contributed by atoms with van der Waals surface area (Å²) in [5.41, 5.74) is 0.735. The SMILES string of the molecule is CCN(CC)C(=O)SC(C)CC(C)SC(=O)c1ccccc1. The third-order valence-corrected chi connectivity index (χ3v) is 5.40. The van der Waals surface area contributed by atoms with E-state index in [1.807, 2.05) is 56.0 Å².